The molecular formula is C52H30S2. The fourth-order valence-electron chi connectivity index (χ4n) is 8.92. The Morgan fingerprint density at radius 3 is 1.52 bits per heavy atom. The Morgan fingerprint density at radius 1 is 0.241 bits per heavy atom. The zero-order valence-corrected chi connectivity index (χ0v) is 30.8. The maximum atomic E-state index is 2.44. The average molecular weight is 719 g/mol. The van der Waals surface area contributed by atoms with Gasteiger partial charge in [-0.2, -0.15) is 0 Å². The first-order valence-electron chi connectivity index (χ1n) is 18.5. The molecule has 12 aromatic rings. The maximum Gasteiger partial charge on any atom is 0.0362 e. The van der Waals surface area contributed by atoms with Crippen LogP contribution >= 0.6 is 22.7 Å². The van der Waals surface area contributed by atoms with E-state index < -0.39 is 0 Å². The summed E-state index contributed by atoms with van der Waals surface area (Å²) in [7, 11) is 0. The second-order valence-electron chi connectivity index (χ2n) is 14.4. The minimum absolute atomic E-state index is 1.23. The molecule has 12 rings (SSSR count). The highest BCUT2D eigenvalue weighted by Crippen LogP contribution is 2.46. The Labute approximate surface area is 319 Å². The van der Waals surface area contributed by atoms with E-state index in [1.165, 1.54) is 117 Å². The van der Waals surface area contributed by atoms with Crippen LogP contribution in [-0.4, -0.2) is 0 Å². The van der Waals surface area contributed by atoms with Gasteiger partial charge in [-0.05, 0) is 119 Å². The fraction of sp³-hybridized carbons (Fsp3) is 0. The molecule has 10 aromatic carbocycles. The van der Waals surface area contributed by atoms with E-state index in [0.29, 0.717) is 0 Å². The second-order valence-corrected chi connectivity index (χ2v) is 16.6. The predicted molar refractivity (Wildman–Crippen MR) is 239 cm³/mol. The highest BCUT2D eigenvalue weighted by atomic mass is 32.1. The molecule has 0 amide bonds. The molecule has 0 atom stereocenters. The van der Waals surface area contributed by atoms with Gasteiger partial charge in [-0.1, -0.05) is 140 Å². The van der Waals surface area contributed by atoms with Crippen molar-refractivity contribution >= 4 is 106 Å². The third-order valence-electron chi connectivity index (χ3n) is 11.4. The van der Waals surface area contributed by atoms with Crippen molar-refractivity contribution in [2.24, 2.45) is 0 Å². The summed E-state index contributed by atoms with van der Waals surface area (Å²) in [6.07, 6.45) is 0. The SMILES string of the molecule is c1ccc2cc(-c3c4ccccc4c(-c4ccc(-c5ccc6sc7cc8c(ccc9sc%10ccccc%10c98)cc7c6c5)cc4)c4ccccc34)ccc2c1. The highest BCUT2D eigenvalue weighted by molar-refractivity contribution is 7.26. The molecule has 0 unspecified atom stereocenters. The summed E-state index contributed by atoms with van der Waals surface area (Å²) in [4.78, 5) is 0. The van der Waals surface area contributed by atoms with Crippen LogP contribution in [0.25, 0.3) is 117 Å². The molecule has 2 heteroatoms. The maximum absolute atomic E-state index is 2.44. The number of hydrogen-bond donors (Lipinski definition) is 0. The Morgan fingerprint density at radius 2 is 0.759 bits per heavy atom. The van der Waals surface area contributed by atoms with Gasteiger partial charge in [0.1, 0.15) is 0 Å². The number of hydrogen-bond acceptors (Lipinski definition) is 2. The van der Waals surface area contributed by atoms with Gasteiger partial charge in [0.25, 0.3) is 0 Å². The minimum Gasteiger partial charge on any atom is -0.135 e. The number of thiophene rings is 2. The van der Waals surface area contributed by atoms with Crippen LogP contribution < -0.4 is 0 Å². The fourth-order valence-corrected chi connectivity index (χ4v) is 11.2. The summed E-state index contributed by atoms with van der Waals surface area (Å²) in [5, 5.41) is 15.7. The molecular weight excluding hydrogens is 689 g/mol. The Balaban J connectivity index is 0.986. The lowest BCUT2D eigenvalue weighted by Crippen LogP contribution is -1.91. The standard InChI is InChI=1S/C52H30S2/c1-2-10-34-27-37(22-19-31(34)9-1)51-40-13-5-3-11-38(40)50(39-12-4-6-14-41(39)51)33-20-17-32(18-21-33)35-23-25-47-44(28-35)45-29-36-24-26-48-52(43(36)30-49(45)54-47)42-15-7-8-16-46(42)53-48/h1-30H. The molecule has 0 nitrogen and oxygen atoms in total. The van der Waals surface area contributed by atoms with Gasteiger partial charge >= 0.3 is 0 Å². The zero-order valence-electron chi connectivity index (χ0n) is 29.1. The van der Waals surface area contributed by atoms with Crippen molar-refractivity contribution in [3.05, 3.63) is 182 Å². The van der Waals surface area contributed by atoms with E-state index in [1.807, 2.05) is 22.7 Å². The van der Waals surface area contributed by atoms with E-state index in [0.717, 1.165) is 0 Å². The molecule has 54 heavy (non-hydrogen) atoms. The molecule has 0 saturated carbocycles. The molecule has 2 aromatic heterocycles. The molecule has 0 fully saturated rings. The largest absolute Gasteiger partial charge is 0.135 e. The summed E-state index contributed by atoms with van der Waals surface area (Å²) in [5.41, 5.74) is 7.54. The van der Waals surface area contributed by atoms with Crippen molar-refractivity contribution in [2.75, 3.05) is 0 Å². The third kappa shape index (κ3) is 4.48. The van der Waals surface area contributed by atoms with E-state index in [9.17, 15) is 0 Å². The molecule has 0 saturated heterocycles. The van der Waals surface area contributed by atoms with Gasteiger partial charge < -0.3 is 0 Å². The number of benzene rings is 10. The van der Waals surface area contributed by atoms with E-state index >= 15 is 0 Å². The van der Waals surface area contributed by atoms with Gasteiger partial charge in [0.15, 0.2) is 0 Å². The third-order valence-corrected chi connectivity index (χ3v) is 13.7. The molecule has 0 spiro atoms. The summed E-state index contributed by atoms with van der Waals surface area (Å²) in [6.45, 7) is 0. The summed E-state index contributed by atoms with van der Waals surface area (Å²) >= 11 is 3.79. The van der Waals surface area contributed by atoms with E-state index in [4.69, 9.17) is 0 Å². The van der Waals surface area contributed by atoms with Crippen LogP contribution in [0.5, 0.6) is 0 Å². The van der Waals surface area contributed by atoms with Crippen LogP contribution in [0.15, 0.2) is 182 Å². The van der Waals surface area contributed by atoms with Crippen LogP contribution in [0.1, 0.15) is 0 Å². The topological polar surface area (TPSA) is 0 Å². The molecule has 0 radical (unpaired) electrons. The Bertz CT molecular complexity index is 3430. The van der Waals surface area contributed by atoms with Crippen molar-refractivity contribution in [3.63, 3.8) is 0 Å². The molecule has 0 aliphatic heterocycles. The zero-order chi connectivity index (χ0) is 35.3. The van der Waals surface area contributed by atoms with E-state index in [-0.39, 0.29) is 0 Å². The minimum atomic E-state index is 1.23. The molecule has 2 heterocycles. The van der Waals surface area contributed by atoms with Crippen molar-refractivity contribution in [3.8, 4) is 33.4 Å². The predicted octanol–water partition coefficient (Wildman–Crippen LogP) is 16.0. The molecule has 0 bridgehead atoms. The van der Waals surface area contributed by atoms with Gasteiger partial charge in [0, 0.05) is 40.3 Å². The highest BCUT2D eigenvalue weighted by Gasteiger charge is 2.18. The summed E-state index contributed by atoms with van der Waals surface area (Å²) in [6, 6.07) is 67.9. The number of fused-ring (bicyclic) bond motifs is 11. The first-order valence-corrected chi connectivity index (χ1v) is 20.1. The van der Waals surface area contributed by atoms with Crippen LogP contribution in [0, 0.1) is 0 Å². The van der Waals surface area contributed by atoms with Gasteiger partial charge in [-0.15, -0.1) is 22.7 Å². The van der Waals surface area contributed by atoms with Crippen LogP contribution in [0.3, 0.4) is 0 Å². The van der Waals surface area contributed by atoms with Crippen LogP contribution in [-0.2, 0) is 0 Å². The van der Waals surface area contributed by atoms with Crippen molar-refractivity contribution in [2.45, 2.75) is 0 Å². The van der Waals surface area contributed by atoms with Gasteiger partial charge in [0.05, 0.1) is 0 Å². The molecule has 0 N–H and O–H groups in total. The van der Waals surface area contributed by atoms with Gasteiger partial charge in [-0.3, -0.25) is 0 Å². The van der Waals surface area contributed by atoms with Crippen LogP contribution in [0.2, 0.25) is 0 Å². The lowest BCUT2D eigenvalue weighted by molar-refractivity contribution is 1.63. The summed E-state index contributed by atoms with van der Waals surface area (Å²) < 4.78 is 5.39. The van der Waals surface area contributed by atoms with Crippen molar-refractivity contribution < 1.29 is 0 Å². The normalized spacial score (nSPS) is 12.1. The molecule has 0 aliphatic rings. The molecule has 250 valence electrons. The van der Waals surface area contributed by atoms with E-state index in [1.54, 1.807) is 0 Å². The Kier molecular flexibility index (Phi) is 6.48. The molecule has 0 aliphatic carbocycles. The smallest absolute Gasteiger partial charge is 0.0362 e. The first kappa shape index (κ1) is 30.2. The van der Waals surface area contributed by atoms with Crippen molar-refractivity contribution in [1.29, 1.82) is 0 Å². The van der Waals surface area contributed by atoms with Crippen LogP contribution in [0.4, 0.5) is 0 Å². The van der Waals surface area contributed by atoms with Crippen molar-refractivity contribution in [1.82, 2.24) is 0 Å². The average Bonchev–Trinajstić information content (AvgIpc) is 3.79. The van der Waals surface area contributed by atoms with Gasteiger partial charge in [-0.25, -0.2) is 0 Å². The monoisotopic (exact) mass is 718 g/mol. The quantitative estimate of drug-likeness (QED) is 0.160. The Hall–Kier alpha value is -6.32. The van der Waals surface area contributed by atoms with Gasteiger partial charge in [0.2, 0.25) is 0 Å². The lowest BCUT2D eigenvalue weighted by Gasteiger charge is -2.18. The second kappa shape index (κ2) is 11.6. The lowest BCUT2D eigenvalue weighted by atomic mass is 9.85. The first-order chi connectivity index (χ1) is 26.7. The van der Waals surface area contributed by atoms with E-state index in [2.05, 4.69) is 182 Å². The summed E-state index contributed by atoms with van der Waals surface area (Å²) in [5.74, 6) is 0. The number of rotatable bonds is 3.